The minimum Gasteiger partial charge on any atom is -0.298 e. The van der Waals surface area contributed by atoms with Crippen molar-refractivity contribution >= 4 is 12.6 Å². The lowest BCUT2D eigenvalue weighted by atomic mass is 10.0. The third-order valence-electron chi connectivity index (χ3n) is 3.37. The van der Waals surface area contributed by atoms with Crippen LogP contribution < -0.4 is 5.32 Å². The van der Waals surface area contributed by atoms with Gasteiger partial charge in [-0.2, -0.15) is 17.9 Å². The number of hydrogen-bond acceptors (Lipinski definition) is 3. The maximum atomic E-state index is 9.29. The van der Waals surface area contributed by atoms with Crippen molar-refractivity contribution in [3.8, 4) is 6.07 Å². The molecule has 1 N–H and O–H groups in total. The Balaban J connectivity index is 1.91. The van der Waals surface area contributed by atoms with E-state index in [9.17, 15) is 5.26 Å². The van der Waals surface area contributed by atoms with Crippen LogP contribution in [0.1, 0.15) is 23.6 Å². The van der Waals surface area contributed by atoms with E-state index in [4.69, 9.17) is 0 Å². The first-order valence-corrected chi connectivity index (χ1v) is 6.98. The Morgan fingerprint density at radius 1 is 1.42 bits per heavy atom. The van der Waals surface area contributed by atoms with Gasteiger partial charge in [-0.25, -0.2) is 0 Å². The second-order valence-electron chi connectivity index (χ2n) is 4.69. The van der Waals surface area contributed by atoms with Gasteiger partial charge in [0.15, 0.2) is 0 Å². The van der Waals surface area contributed by atoms with Gasteiger partial charge in [-0.15, -0.1) is 0 Å². The van der Waals surface area contributed by atoms with Crippen molar-refractivity contribution in [1.82, 2.24) is 5.32 Å². The van der Waals surface area contributed by atoms with E-state index in [1.807, 2.05) is 37.3 Å². The number of aryl methyl sites for hydroxylation is 1. The Kier molecular flexibility index (Phi) is 4.84. The molecule has 0 aromatic heterocycles. The zero-order valence-corrected chi connectivity index (χ0v) is 11.9. The molecular weight excluding hydrogens is 252 g/mol. The quantitative estimate of drug-likeness (QED) is 0.805. The van der Waals surface area contributed by atoms with Gasteiger partial charge in [0.1, 0.15) is 6.04 Å². The maximum absolute atomic E-state index is 9.29. The molecule has 98 valence electrons. The molecule has 0 spiro atoms. The van der Waals surface area contributed by atoms with Crippen molar-refractivity contribution in [2.24, 2.45) is 0 Å². The first-order chi connectivity index (χ1) is 9.22. The molecule has 1 aliphatic rings. The van der Waals surface area contributed by atoms with E-state index < -0.39 is 0 Å². The minimum atomic E-state index is -0.241. The number of allylic oxidation sites excluding steroid dienone is 2. The van der Waals surface area contributed by atoms with Crippen LogP contribution in [-0.2, 0) is 0 Å². The van der Waals surface area contributed by atoms with Gasteiger partial charge in [-0.1, -0.05) is 48.1 Å². The topological polar surface area (TPSA) is 35.8 Å². The number of nitriles is 1. The van der Waals surface area contributed by atoms with Crippen LogP contribution in [0.15, 0.2) is 48.1 Å². The maximum Gasteiger partial charge on any atom is 0.121 e. The summed E-state index contributed by atoms with van der Waals surface area (Å²) in [6, 6.07) is 10.1. The molecule has 0 saturated carbocycles. The van der Waals surface area contributed by atoms with E-state index in [0.717, 1.165) is 24.1 Å². The SMILES string of the molecule is Cc1ccccc1C(C#N)NCCC1=CC=CC1S. The fourth-order valence-corrected chi connectivity index (χ4v) is 2.55. The van der Waals surface area contributed by atoms with E-state index in [1.165, 1.54) is 5.57 Å². The van der Waals surface area contributed by atoms with E-state index in [0.29, 0.717) is 0 Å². The van der Waals surface area contributed by atoms with E-state index in [2.05, 4.69) is 36.2 Å². The van der Waals surface area contributed by atoms with Crippen molar-refractivity contribution < 1.29 is 0 Å². The highest BCUT2D eigenvalue weighted by molar-refractivity contribution is 7.81. The Morgan fingerprint density at radius 3 is 2.84 bits per heavy atom. The van der Waals surface area contributed by atoms with Gasteiger partial charge in [0, 0.05) is 11.8 Å². The second kappa shape index (κ2) is 6.60. The summed E-state index contributed by atoms with van der Waals surface area (Å²) >= 11 is 4.47. The number of hydrogen-bond donors (Lipinski definition) is 2. The lowest BCUT2D eigenvalue weighted by molar-refractivity contribution is 0.624. The predicted octanol–water partition coefficient (Wildman–Crippen LogP) is 3.33. The molecule has 1 aromatic carbocycles. The first-order valence-electron chi connectivity index (χ1n) is 6.46. The molecule has 1 aliphatic carbocycles. The van der Waals surface area contributed by atoms with Crippen molar-refractivity contribution in [1.29, 1.82) is 5.26 Å². The van der Waals surface area contributed by atoms with Crippen molar-refractivity contribution in [2.45, 2.75) is 24.6 Å². The fourth-order valence-electron chi connectivity index (χ4n) is 2.23. The summed E-state index contributed by atoms with van der Waals surface area (Å²) < 4.78 is 0. The molecule has 0 radical (unpaired) electrons. The third-order valence-corrected chi connectivity index (χ3v) is 3.88. The molecule has 2 atom stereocenters. The monoisotopic (exact) mass is 270 g/mol. The Hall–Kier alpha value is -1.50. The van der Waals surface area contributed by atoms with Crippen LogP contribution in [0.25, 0.3) is 0 Å². The van der Waals surface area contributed by atoms with Crippen LogP contribution in [0, 0.1) is 18.3 Å². The van der Waals surface area contributed by atoms with Crippen LogP contribution in [0.3, 0.4) is 0 Å². The summed E-state index contributed by atoms with van der Waals surface area (Å²) in [5, 5.41) is 12.8. The highest BCUT2D eigenvalue weighted by Crippen LogP contribution is 2.21. The van der Waals surface area contributed by atoms with Gasteiger partial charge in [0.2, 0.25) is 0 Å². The van der Waals surface area contributed by atoms with Gasteiger partial charge in [-0.3, -0.25) is 5.32 Å². The summed E-state index contributed by atoms with van der Waals surface area (Å²) in [4.78, 5) is 0. The highest BCUT2D eigenvalue weighted by Gasteiger charge is 2.13. The number of benzene rings is 1. The number of rotatable bonds is 5. The molecule has 0 aliphatic heterocycles. The smallest absolute Gasteiger partial charge is 0.121 e. The molecule has 0 heterocycles. The summed E-state index contributed by atoms with van der Waals surface area (Å²) in [6.45, 7) is 2.83. The molecule has 0 saturated heterocycles. The number of thiol groups is 1. The largest absolute Gasteiger partial charge is 0.298 e. The average molecular weight is 270 g/mol. The van der Waals surface area contributed by atoms with Crippen molar-refractivity contribution in [3.05, 3.63) is 59.2 Å². The molecule has 3 heteroatoms. The second-order valence-corrected chi connectivity index (χ2v) is 5.25. The average Bonchev–Trinajstić information content (AvgIpc) is 2.82. The zero-order chi connectivity index (χ0) is 13.7. The molecular formula is C16H18N2S. The van der Waals surface area contributed by atoms with Crippen molar-refractivity contribution in [3.63, 3.8) is 0 Å². The molecule has 0 amide bonds. The first kappa shape index (κ1) is 13.9. The predicted molar refractivity (Wildman–Crippen MR) is 82.1 cm³/mol. The number of nitrogens with zero attached hydrogens (tertiary/aromatic N) is 1. The van der Waals surface area contributed by atoms with Crippen LogP contribution in [0.2, 0.25) is 0 Å². The lowest BCUT2D eigenvalue weighted by Crippen LogP contribution is -2.22. The van der Waals surface area contributed by atoms with Crippen LogP contribution >= 0.6 is 12.6 Å². The lowest BCUT2D eigenvalue weighted by Gasteiger charge is -2.15. The van der Waals surface area contributed by atoms with Crippen LogP contribution in [0.4, 0.5) is 0 Å². The van der Waals surface area contributed by atoms with Gasteiger partial charge in [0.25, 0.3) is 0 Å². The Bertz CT molecular complexity index is 540. The fraction of sp³-hybridized carbons (Fsp3) is 0.312. The van der Waals surface area contributed by atoms with E-state index >= 15 is 0 Å². The van der Waals surface area contributed by atoms with Gasteiger partial charge < -0.3 is 0 Å². The molecule has 0 bridgehead atoms. The molecule has 2 unspecified atom stereocenters. The van der Waals surface area contributed by atoms with Crippen LogP contribution in [-0.4, -0.2) is 11.8 Å². The Morgan fingerprint density at radius 2 is 2.21 bits per heavy atom. The molecule has 2 rings (SSSR count). The van der Waals surface area contributed by atoms with Gasteiger partial charge in [0.05, 0.1) is 6.07 Å². The van der Waals surface area contributed by atoms with Gasteiger partial charge >= 0.3 is 0 Å². The summed E-state index contributed by atoms with van der Waals surface area (Å²) in [5.74, 6) is 0. The normalized spacial score (nSPS) is 19.0. The van der Waals surface area contributed by atoms with Crippen molar-refractivity contribution in [2.75, 3.05) is 6.54 Å². The van der Waals surface area contributed by atoms with Crippen LogP contribution in [0.5, 0.6) is 0 Å². The standard InChI is InChI=1S/C16H18N2S/c1-12-5-2-3-7-14(12)15(11-17)18-10-9-13-6-4-8-16(13)19/h2-8,15-16,18-19H,9-10H2,1H3. The van der Waals surface area contributed by atoms with E-state index in [1.54, 1.807) is 0 Å². The molecule has 0 fully saturated rings. The summed E-state index contributed by atoms with van der Waals surface area (Å²) in [5.41, 5.74) is 3.51. The van der Waals surface area contributed by atoms with Gasteiger partial charge in [-0.05, 0) is 24.5 Å². The Labute approximate surface area is 120 Å². The highest BCUT2D eigenvalue weighted by atomic mass is 32.1. The number of nitrogens with one attached hydrogen (secondary N) is 1. The molecule has 1 aromatic rings. The molecule has 19 heavy (non-hydrogen) atoms. The minimum absolute atomic E-state index is 0.237. The molecule has 2 nitrogen and oxygen atoms in total. The summed E-state index contributed by atoms with van der Waals surface area (Å²) in [7, 11) is 0. The van der Waals surface area contributed by atoms with E-state index in [-0.39, 0.29) is 11.3 Å². The zero-order valence-electron chi connectivity index (χ0n) is 11.0. The summed E-state index contributed by atoms with van der Waals surface area (Å²) in [6.07, 6.45) is 7.14. The third kappa shape index (κ3) is 3.50.